The van der Waals surface area contributed by atoms with Crippen molar-refractivity contribution in [2.45, 2.75) is 6.54 Å². The molecule has 0 aliphatic carbocycles. The Morgan fingerprint density at radius 3 is 2.78 bits per heavy atom. The first kappa shape index (κ1) is 22.8. The molecule has 3 N–H and O–H groups in total. The van der Waals surface area contributed by atoms with Crippen LogP contribution < -0.4 is 16.2 Å². The van der Waals surface area contributed by atoms with Gasteiger partial charge in [0.2, 0.25) is 0 Å². The molecule has 0 radical (unpaired) electrons. The van der Waals surface area contributed by atoms with Gasteiger partial charge >= 0.3 is 0 Å². The zero-order valence-electron chi connectivity index (χ0n) is 19.3. The van der Waals surface area contributed by atoms with Crippen molar-refractivity contribution in [2.24, 2.45) is 0 Å². The van der Waals surface area contributed by atoms with Gasteiger partial charge in [0.1, 0.15) is 5.56 Å². The molecule has 178 valence electrons. The van der Waals surface area contributed by atoms with Crippen LogP contribution in [0.1, 0.15) is 32.9 Å². The number of nitrogens with zero attached hydrogens (tertiary/aromatic N) is 2. The summed E-state index contributed by atoms with van der Waals surface area (Å²) in [4.78, 5) is 45.1. The molecule has 0 fully saturated rings. The molecular formula is C28H23N5O3. The van der Waals surface area contributed by atoms with Crippen molar-refractivity contribution in [1.82, 2.24) is 19.9 Å². The van der Waals surface area contributed by atoms with E-state index in [1.807, 2.05) is 66.9 Å². The van der Waals surface area contributed by atoms with Gasteiger partial charge in [-0.1, -0.05) is 30.4 Å². The number of anilines is 1. The van der Waals surface area contributed by atoms with Crippen LogP contribution in [0.3, 0.4) is 0 Å². The van der Waals surface area contributed by atoms with E-state index in [-0.39, 0.29) is 30.1 Å². The Kier molecular flexibility index (Phi) is 6.40. The third kappa shape index (κ3) is 4.92. The average Bonchev–Trinajstić information content (AvgIpc) is 3.51. The Balaban J connectivity index is 1.22. The van der Waals surface area contributed by atoms with E-state index in [9.17, 15) is 14.4 Å². The van der Waals surface area contributed by atoms with Gasteiger partial charge in [-0.15, -0.1) is 0 Å². The predicted octanol–water partition coefficient (Wildman–Crippen LogP) is 3.56. The minimum absolute atomic E-state index is 0.0726. The van der Waals surface area contributed by atoms with Gasteiger partial charge in [-0.05, 0) is 54.1 Å². The zero-order chi connectivity index (χ0) is 24.9. The highest BCUT2D eigenvalue weighted by Gasteiger charge is 2.24. The molecule has 0 saturated carbocycles. The van der Waals surface area contributed by atoms with Gasteiger partial charge in [-0.3, -0.25) is 19.4 Å². The number of hydrogen-bond acceptors (Lipinski definition) is 4. The molecule has 0 saturated heterocycles. The van der Waals surface area contributed by atoms with Gasteiger partial charge in [0.15, 0.2) is 0 Å². The first-order valence-electron chi connectivity index (χ1n) is 11.4. The second-order valence-corrected chi connectivity index (χ2v) is 8.23. The molecule has 5 rings (SSSR count). The Morgan fingerprint density at radius 1 is 1.06 bits per heavy atom. The van der Waals surface area contributed by atoms with Crippen molar-refractivity contribution in [3.8, 4) is 0 Å². The maximum absolute atomic E-state index is 12.7. The topological polar surface area (TPSA) is 109 Å². The second kappa shape index (κ2) is 10.1. The number of carbonyl (C=O) groups is 2. The van der Waals surface area contributed by atoms with E-state index in [1.54, 1.807) is 24.5 Å². The molecule has 2 amide bonds. The fourth-order valence-electron chi connectivity index (χ4n) is 3.99. The van der Waals surface area contributed by atoms with E-state index >= 15 is 0 Å². The summed E-state index contributed by atoms with van der Waals surface area (Å²) in [6, 6.07) is 18.1. The lowest BCUT2D eigenvalue weighted by molar-refractivity contribution is -0.110. The Labute approximate surface area is 207 Å². The van der Waals surface area contributed by atoms with E-state index in [4.69, 9.17) is 0 Å². The minimum Gasteiger partial charge on any atom is -0.362 e. The fraction of sp³-hybridized carbons (Fsp3) is 0.0714. The molecule has 0 unspecified atom stereocenters. The van der Waals surface area contributed by atoms with Crippen LogP contribution >= 0.6 is 0 Å². The lowest BCUT2D eigenvalue weighted by Gasteiger charge is -2.08. The molecule has 1 aliphatic rings. The largest absolute Gasteiger partial charge is 0.362 e. The molecule has 3 aromatic heterocycles. The number of amides is 2. The van der Waals surface area contributed by atoms with Crippen molar-refractivity contribution in [3.63, 3.8) is 0 Å². The summed E-state index contributed by atoms with van der Waals surface area (Å²) in [6.07, 6.45) is 10.6. The van der Waals surface area contributed by atoms with Crippen LogP contribution in [0, 0.1) is 0 Å². The maximum Gasteiger partial charge on any atom is 0.263 e. The highest BCUT2D eigenvalue weighted by molar-refractivity contribution is 6.34. The van der Waals surface area contributed by atoms with Crippen LogP contribution in [0.15, 0.2) is 90.1 Å². The first-order chi connectivity index (χ1) is 17.6. The van der Waals surface area contributed by atoms with Crippen LogP contribution in [0.4, 0.5) is 5.69 Å². The smallest absolute Gasteiger partial charge is 0.263 e. The number of carbonyl (C=O) groups excluding carboxylic acids is 2. The van der Waals surface area contributed by atoms with Crippen molar-refractivity contribution in [1.29, 1.82) is 0 Å². The predicted molar refractivity (Wildman–Crippen MR) is 139 cm³/mol. The third-order valence-corrected chi connectivity index (χ3v) is 5.76. The van der Waals surface area contributed by atoms with Crippen molar-refractivity contribution >= 4 is 35.2 Å². The van der Waals surface area contributed by atoms with Gasteiger partial charge in [0.25, 0.3) is 17.4 Å². The molecule has 0 spiro atoms. The number of H-pyrrole nitrogens is 1. The highest BCUT2D eigenvalue weighted by Crippen LogP contribution is 2.33. The maximum atomic E-state index is 12.7. The summed E-state index contributed by atoms with van der Waals surface area (Å²) in [5.41, 5.74) is 4.35. The molecule has 0 atom stereocenters. The standard InChI is InChI=1S/C28H23N5O3/c34-26(23-9-5-15-33(28(23)36)18-21-7-1-2-12-30-21)31-14-3-6-19-10-11-22-24(17-20-8-4-13-29-20)27(35)32-25(22)16-19/h1-13,15-17,29H,14,18H2,(H,31,34)(H,32,35)/b6-3+,24-17?. The summed E-state index contributed by atoms with van der Waals surface area (Å²) in [5, 5.41) is 5.65. The van der Waals surface area contributed by atoms with Gasteiger partial charge in [-0.25, -0.2) is 0 Å². The highest BCUT2D eigenvalue weighted by atomic mass is 16.2. The van der Waals surface area contributed by atoms with Crippen LogP contribution in [-0.4, -0.2) is 32.9 Å². The van der Waals surface area contributed by atoms with Crippen molar-refractivity contribution < 1.29 is 9.59 Å². The Morgan fingerprint density at radius 2 is 1.97 bits per heavy atom. The number of rotatable bonds is 7. The molecule has 1 aromatic carbocycles. The molecule has 0 bridgehead atoms. The number of aromatic nitrogens is 3. The third-order valence-electron chi connectivity index (χ3n) is 5.76. The minimum atomic E-state index is -0.444. The summed E-state index contributed by atoms with van der Waals surface area (Å²) in [5.74, 6) is -0.593. The molecule has 36 heavy (non-hydrogen) atoms. The lowest BCUT2D eigenvalue weighted by Crippen LogP contribution is -2.33. The molecule has 1 aliphatic heterocycles. The lowest BCUT2D eigenvalue weighted by atomic mass is 10.0. The van der Waals surface area contributed by atoms with E-state index in [1.165, 1.54) is 10.6 Å². The molecule has 4 aromatic rings. The monoisotopic (exact) mass is 477 g/mol. The van der Waals surface area contributed by atoms with Gasteiger partial charge in [-0.2, -0.15) is 0 Å². The van der Waals surface area contributed by atoms with Gasteiger partial charge in [0.05, 0.1) is 17.8 Å². The van der Waals surface area contributed by atoms with Crippen molar-refractivity contribution in [3.05, 3.63) is 124 Å². The Hall–Kier alpha value is -4.98. The number of nitrogens with one attached hydrogen (secondary N) is 3. The summed E-state index contributed by atoms with van der Waals surface area (Å²) < 4.78 is 1.46. The van der Waals surface area contributed by atoms with Crippen molar-refractivity contribution in [2.75, 3.05) is 11.9 Å². The summed E-state index contributed by atoms with van der Waals surface area (Å²) >= 11 is 0. The molecule has 8 nitrogen and oxygen atoms in total. The number of hydrogen-bond donors (Lipinski definition) is 3. The summed E-state index contributed by atoms with van der Waals surface area (Å²) in [7, 11) is 0. The number of pyridine rings is 2. The Bertz CT molecular complexity index is 1530. The van der Waals surface area contributed by atoms with Crippen LogP contribution in [0.2, 0.25) is 0 Å². The number of benzene rings is 1. The average molecular weight is 478 g/mol. The van der Waals surface area contributed by atoms with E-state index in [0.29, 0.717) is 5.57 Å². The van der Waals surface area contributed by atoms with Gasteiger partial charge < -0.3 is 20.2 Å². The normalized spacial score (nSPS) is 13.7. The molecule has 8 heteroatoms. The van der Waals surface area contributed by atoms with Gasteiger partial charge in [0, 0.05) is 42.1 Å². The van der Waals surface area contributed by atoms with E-state index in [0.717, 1.165) is 28.2 Å². The van der Waals surface area contributed by atoms with Crippen LogP contribution in [0.5, 0.6) is 0 Å². The molecular weight excluding hydrogens is 454 g/mol. The first-order valence-corrected chi connectivity index (χ1v) is 11.4. The van der Waals surface area contributed by atoms with Crippen LogP contribution in [0.25, 0.3) is 17.7 Å². The quantitative estimate of drug-likeness (QED) is 0.354. The SMILES string of the molecule is O=C1Nc2cc(/C=C/CNC(=O)c3cccn(Cc4ccccn4)c3=O)ccc2C1=Cc1ccc[nH]1. The van der Waals surface area contributed by atoms with E-state index < -0.39 is 5.91 Å². The summed E-state index contributed by atoms with van der Waals surface area (Å²) in [6.45, 7) is 0.534. The van der Waals surface area contributed by atoms with E-state index in [2.05, 4.69) is 20.6 Å². The number of fused-ring (bicyclic) bond motifs is 1. The van der Waals surface area contributed by atoms with Crippen LogP contribution in [-0.2, 0) is 11.3 Å². The fourth-order valence-corrected chi connectivity index (χ4v) is 3.99. The number of aromatic amines is 1. The molecule has 4 heterocycles. The zero-order valence-corrected chi connectivity index (χ0v) is 19.3. The second-order valence-electron chi connectivity index (χ2n) is 8.23.